The fourth-order valence-electron chi connectivity index (χ4n) is 3.49. The smallest absolute Gasteiger partial charge is 0.238 e. The van der Waals surface area contributed by atoms with Gasteiger partial charge in [-0.05, 0) is 61.2 Å². The first kappa shape index (κ1) is 20.7. The van der Waals surface area contributed by atoms with Crippen LogP contribution in [0.3, 0.4) is 0 Å². The Balaban J connectivity index is 1.62. The summed E-state index contributed by atoms with van der Waals surface area (Å²) in [6.45, 7) is 6.96. The lowest BCUT2D eigenvalue weighted by Crippen LogP contribution is -2.37. The standard InChI is InChI=1S/C23H27N3O3/c1-3-28-21-13-18-10-12-26(15-19(18)14-22(21)29-4-2)16-23(27)25-20-7-5-17(6-8-20)9-11-24/h5-8,13-14H,3-4,9-10,12,15-16H2,1-2H3,(H,25,27). The van der Waals surface area contributed by atoms with Gasteiger partial charge in [-0.3, -0.25) is 9.69 Å². The maximum atomic E-state index is 12.5. The van der Waals surface area contributed by atoms with Crippen molar-refractivity contribution < 1.29 is 14.3 Å². The highest BCUT2D eigenvalue weighted by atomic mass is 16.5. The van der Waals surface area contributed by atoms with Crippen LogP contribution < -0.4 is 14.8 Å². The van der Waals surface area contributed by atoms with Gasteiger partial charge in [0.05, 0.1) is 32.2 Å². The van der Waals surface area contributed by atoms with Crippen LogP contribution in [0.1, 0.15) is 30.5 Å². The lowest BCUT2D eigenvalue weighted by atomic mass is 9.98. The van der Waals surface area contributed by atoms with Crippen LogP contribution in [-0.2, 0) is 24.2 Å². The number of nitrogens with one attached hydrogen (secondary N) is 1. The van der Waals surface area contributed by atoms with Crippen molar-refractivity contribution in [2.75, 3.05) is 31.6 Å². The third-order valence-corrected chi connectivity index (χ3v) is 4.85. The number of ether oxygens (including phenoxy) is 2. The van der Waals surface area contributed by atoms with Crippen molar-refractivity contribution in [1.82, 2.24) is 4.90 Å². The van der Waals surface area contributed by atoms with E-state index in [1.54, 1.807) is 0 Å². The summed E-state index contributed by atoms with van der Waals surface area (Å²) in [6, 6.07) is 13.6. The second-order valence-corrected chi connectivity index (χ2v) is 6.97. The summed E-state index contributed by atoms with van der Waals surface area (Å²) in [5.74, 6) is 1.51. The van der Waals surface area contributed by atoms with Crippen LogP contribution in [-0.4, -0.2) is 37.1 Å². The maximum absolute atomic E-state index is 12.5. The summed E-state index contributed by atoms with van der Waals surface area (Å²) < 4.78 is 11.5. The van der Waals surface area contributed by atoms with Crippen LogP contribution in [0.5, 0.6) is 11.5 Å². The monoisotopic (exact) mass is 393 g/mol. The number of amides is 1. The largest absolute Gasteiger partial charge is 0.490 e. The number of hydrogen-bond donors (Lipinski definition) is 1. The van der Waals surface area contributed by atoms with Gasteiger partial charge >= 0.3 is 0 Å². The van der Waals surface area contributed by atoms with Crippen molar-refractivity contribution in [3.63, 3.8) is 0 Å². The summed E-state index contributed by atoms with van der Waals surface area (Å²) in [4.78, 5) is 14.6. The molecular weight excluding hydrogens is 366 g/mol. The van der Waals surface area contributed by atoms with Gasteiger partial charge in [-0.25, -0.2) is 0 Å². The predicted molar refractivity (Wildman–Crippen MR) is 112 cm³/mol. The Hall–Kier alpha value is -3.04. The van der Waals surface area contributed by atoms with Crippen molar-refractivity contribution in [3.05, 3.63) is 53.1 Å². The fraction of sp³-hybridized carbons (Fsp3) is 0.391. The van der Waals surface area contributed by atoms with Crippen LogP contribution in [0.2, 0.25) is 0 Å². The number of nitriles is 1. The van der Waals surface area contributed by atoms with E-state index in [2.05, 4.69) is 22.4 Å². The molecule has 0 atom stereocenters. The number of rotatable bonds is 8. The minimum absolute atomic E-state index is 0.0440. The van der Waals surface area contributed by atoms with Gasteiger partial charge in [0.15, 0.2) is 11.5 Å². The van der Waals surface area contributed by atoms with Crippen LogP contribution >= 0.6 is 0 Å². The highest BCUT2D eigenvalue weighted by Crippen LogP contribution is 2.33. The molecule has 6 nitrogen and oxygen atoms in total. The molecule has 0 saturated carbocycles. The molecule has 0 aliphatic carbocycles. The minimum Gasteiger partial charge on any atom is -0.490 e. The average molecular weight is 393 g/mol. The molecule has 1 N–H and O–H groups in total. The summed E-state index contributed by atoms with van der Waals surface area (Å²) in [5, 5.41) is 11.7. The molecule has 0 saturated heterocycles. The van der Waals surface area contributed by atoms with Crippen LogP contribution in [0.15, 0.2) is 36.4 Å². The van der Waals surface area contributed by atoms with E-state index in [0.29, 0.717) is 32.7 Å². The number of anilines is 1. The number of hydrogen-bond acceptors (Lipinski definition) is 5. The van der Waals surface area contributed by atoms with E-state index in [-0.39, 0.29) is 5.91 Å². The summed E-state index contributed by atoms with van der Waals surface area (Å²) in [7, 11) is 0. The Morgan fingerprint density at radius 3 is 2.38 bits per heavy atom. The SMILES string of the molecule is CCOc1cc2c(cc1OCC)CN(CC(=O)Nc1ccc(CC#N)cc1)CC2. The van der Waals surface area contributed by atoms with Gasteiger partial charge in [-0.1, -0.05) is 12.1 Å². The van der Waals surface area contributed by atoms with E-state index in [4.69, 9.17) is 14.7 Å². The molecule has 1 heterocycles. The van der Waals surface area contributed by atoms with Gasteiger partial charge in [-0.15, -0.1) is 0 Å². The van der Waals surface area contributed by atoms with Gasteiger partial charge in [0.2, 0.25) is 5.91 Å². The Labute approximate surface area is 172 Å². The molecule has 0 bridgehead atoms. The molecule has 1 amide bonds. The Kier molecular flexibility index (Phi) is 7.09. The predicted octanol–water partition coefficient (Wildman–Crippen LogP) is 3.55. The first-order chi connectivity index (χ1) is 14.1. The van der Waals surface area contributed by atoms with Gasteiger partial charge in [0.25, 0.3) is 0 Å². The summed E-state index contributed by atoms with van der Waals surface area (Å²) >= 11 is 0. The number of carbonyl (C=O) groups is 1. The van der Waals surface area contributed by atoms with E-state index in [1.807, 2.05) is 44.2 Å². The number of fused-ring (bicyclic) bond motifs is 1. The van der Waals surface area contributed by atoms with Crippen molar-refractivity contribution in [3.8, 4) is 17.6 Å². The first-order valence-corrected chi connectivity index (χ1v) is 10.0. The second-order valence-electron chi connectivity index (χ2n) is 6.97. The third-order valence-electron chi connectivity index (χ3n) is 4.85. The highest BCUT2D eigenvalue weighted by molar-refractivity contribution is 5.92. The number of carbonyl (C=O) groups excluding carboxylic acids is 1. The number of benzene rings is 2. The zero-order valence-corrected chi connectivity index (χ0v) is 17.0. The topological polar surface area (TPSA) is 74.6 Å². The van der Waals surface area contributed by atoms with Gasteiger partial charge in [0.1, 0.15) is 0 Å². The molecule has 0 fully saturated rings. The summed E-state index contributed by atoms with van der Waals surface area (Å²) in [5.41, 5.74) is 4.11. The lowest BCUT2D eigenvalue weighted by molar-refractivity contribution is -0.117. The Morgan fingerprint density at radius 2 is 1.76 bits per heavy atom. The molecule has 2 aromatic carbocycles. The fourth-order valence-corrected chi connectivity index (χ4v) is 3.49. The van der Waals surface area contributed by atoms with Crippen LogP contribution in [0.4, 0.5) is 5.69 Å². The molecule has 152 valence electrons. The van der Waals surface area contributed by atoms with E-state index >= 15 is 0 Å². The molecule has 0 spiro atoms. The molecule has 1 aliphatic rings. The van der Waals surface area contributed by atoms with Crippen molar-refractivity contribution in [2.24, 2.45) is 0 Å². The second kappa shape index (κ2) is 9.94. The van der Waals surface area contributed by atoms with E-state index in [1.165, 1.54) is 11.1 Å². The van der Waals surface area contributed by atoms with Crippen molar-refractivity contribution in [2.45, 2.75) is 33.2 Å². The zero-order valence-electron chi connectivity index (χ0n) is 17.0. The van der Waals surface area contributed by atoms with E-state index < -0.39 is 0 Å². The third kappa shape index (κ3) is 5.49. The maximum Gasteiger partial charge on any atom is 0.238 e. The Morgan fingerprint density at radius 1 is 1.10 bits per heavy atom. The minimum atomic E-state index is -0.0440. The lowest BCUT2D eigenvalue weighted by Gasteiger charge is -2.29. The van der Waals surface area contributed by atoms with Crippen molar-refractivity contribution in [1.29, 1.82) is 5.26 Å². The number of nitrogens with zero attached hydrogens (tertiary/aromatic N) is 2. The van der Waals surface area contributed by atoms with Gasteiger partial charge < -0.3 is 14.8 Å². The van der Waals surface area contributed by atoms with Crippen LogP contribution in [0, 0.1) is 11.3 Å². The van der Waals surface area contributed by atoms with Gasteiger partial charge in [0, 0.05) is 18.8 Å². The van der Waals surface area contributed by atoms with Gasteiger partial charge in [-0.2, -0.15) is 5.26 Å². The van der Waals surface area contributed by atoms with Crippen LogP contribution in [0.25, 0.3) is 0 Å². The molecule has 6 heteroatoms. The average Bonchev–Trinajstić information content (AvgIpc) is 2.70. The zero-order chi connectivity index (χ0) is 20.6. The molecule has 0 aromatic heterocycles. The van der Waals surface area contributed by atoms with E-state index in [0.717, 1.165) is 35.7 Å². The molecule has 2 aromatic rings. The Bertz CT molecular complexity index is 887. The van der Waals surface area contributed by atoms with E-state index in [9.17, 15) is 4.79 Å². The normalized spacial score (nSPS) is 13.3. The molecule has 0 radical (unpaired) electrons. The summed E-state index contributed by atoms with van der Waals surface area (Å²) in [6.07, 6.45) is 1.24. The molecule has 1 aliphatic heterocycles. The molecule has 3 rings (SSSR count). The first-order valence-electron chi connectivity index (χ1n) is 10.0. The molecule has 0 unspecified atom stereocenters. The molecule has 29 heavy (non-hydrogen) atoms. The van der Waals surface area contributed by atoms with Crippen molar-refractivity contribution >= 4 is 11.6 Å². The highest BCUT2D eigenvalue weighted by Gasteiger charge is 2.21. The molecular formula is C23H27N3O3. The quantitative estimate of drug-likeness (QED) is 0.742.